The van der Waals surface area contributed by atoms with Gasteiger partial charge in [-0.05, 0) is 39.3 Å². The lowest BCUT2D eigenvalue weighted by atomic mass is 10.1. The van der Waals surface area contributed by atoms with E-state index in [1.54, 1.807) is 0 Å². The van der Waals surface area contributed by atoms with Gasteiger partial charge in [0.1, 0.15) is 0 Å². The summed E-state index contributed by atoms with van der Waals surface area (Å²) >= 11 is 0. The molecule has 1 atom stereocenters. The average molecular weight is 220 g/mol. The zero-order valence-corrected chi connectivity index (χ0v) is 9.89. The SMILES string of the molecule is CN1CCCC(Nc2cnn(C3CC3)c2)C1. The Morgan fingerprint density at radius 2 is 2.25 bits per heavy atom. The van der Waals surface area contributed by atoms with Crippen molar-refractivity contribution in [1.82, 2.24) is 14.7 Å². The van der Waals surface area contributed by atoms with Gasteiger partial charge in [0, 0.05) is 18.8 Å². The molecule has 4 heteroatoms. The maximum atomic E-state index is 4.40. The van der Waals surface area contributed by atoms with Crippen LogP contribution in [0.1, 0.15) is 31.7 Å². The summed E-state index contributed by atoms with van der Waals surface area (Å²) < 4.78 is 2.11. The Balaban J connectivity index is 1.59. The van der Waals surface area contributed by atoms with E-state index in [9.17, 15) is 0 Å². The topological polar surface area (TPSA) is 33.1 Å². The first kappa shape index (κ1) is 10.1. The Hall–Kier alpha value is -1.03. The summed E-state index contributed by atoms with van der Waals surface area (Å²) in [6, 6.07) is 1.28. The highest BCUT2D eigenvalue weighted by Crippen LogP contribution is 2.34. The first-order valence-corrected chi connectivity index (χ1v) is 6.30. The molecule has 2 aliphatic rings. The number of likely N-dealkylation sites (N-methyl/N-ethyl adjacent to an activating group) is 1. The Morgan fingerprint density at radius 3 is 3.00 bits per heavy atom. The summed E-state index contributed by atoms with van der Waals surface area (Å²) in [5.41, 5.74) is 1.19. The van der Waals surface area contributed by atoms with Gasteiger partial charge in [0.15, 0.2) is 0 Å². The lowest BCUT2D eigenvalue weighted by Gasteiger charge is -2.30. The van der Waals surface area contributed by atoms with Gasteiger partial charge in [-0.3, -0.25) is 4.68 Å². The van der Waals surface area contributed by atoms with Crippen LogP contribution in [0.3, 0.4) is 0 Å². The van der Waals surface area contributed by atoms with Crippen molar-refractivity contribution in [2.45, 2.75) is 37.8 Å². The van der Waals surface area contributed by atoms with Crippen LogP contribution in [0.2, 0.25) is 0 Å². The molecule has 2 fully saturated rings. The molecule has 0 radical (unpaired) electrons. The van der Waals surface area contributed by atoms with Gasteiger partial charge in [-0.15, -0.1) is 0 Å². The number of likely N-dealkylation sites (tertiary alicyclic amines) is 1. The molecule has 0 amide bonds. The highest BCUT2D eigenvalue weighted by Gasteiger charge is 2.24. The predicted molar refractivity (Wildman–Crippen MR) is 64.6 cm³/mol. The molecular formula is C12H20N4. The largest absolute Gasteiger partial charge is 0.378 e. The summed E-state index contributed by atoms with van der Waals surface area (Å²) in [6.07, 6.45) is 9.30. The fraction of sp³-hybridized carbons (Fsp3) is 0.750. The van der Waals surface area contributed by atoms with Crippen LogP contribution in [0.4, 0.5) is 5.69 Å². The monoisotopic (exact) mass is 220 g/mol. The molecule has 16 heavy (non-hydrogen) atoms. The van der Waals surface area contributed by atoms with E-state index in [1.807, 2.05) is 6.20 Å². The van der Waals surface area contributed by atoms with Crippen LogP contribution in [0, 0.1) is 0 Å². The lowest BCUT2D eigenvalue weighted by Crippen LogP contribution is -2.39. The molecule has 1 aliphatic carbocycles. The Labute approximate surface area is 96.6 Å². The first-order chi connectivity index (χ1) is 7.81. The summed E-state index contributed by atoms with van der Waals surface area (Å²) in [5.74, 6) is 0. The van der Waals surface area contributed by atoms with Crippen LogP contribution in [0.5, 0.6) is 0 Å². The van der Waals surface area contributed by atoms with Gasteiger partial charge in [0.2, 0.25) is 0 Å². The van der Waals surface area contributed by atoms with Crippen LogP contribution >= 0.6 is 0 Å². The van der Waals surface area contributed by atoms with Gasteiger partial charge in [0.05, 0.1) is 17.9 Å². The van der Waals surface area contributed by atoms with Crippen molar-refractivity contribution >= 4 is 5.69 Å². The molecule has 1 N–H and O–H groups in total. The Bertz CT molecular complexity index is 356. The molecule has 1 saturated carbocycles. The number of hydrogen-bond acceptors (Lipinski definition) is 3. The average Bonchev–Trinajstić information content (AvgIpc) is 3.01. The third-order valence-electron chi connectivity index (χ3n) is 3.52. The second-order valence-electron chi connectivity index (χ2n) is 5.19. The lowest BCUT2D eigenvalue weighted by molar-refractivity contribution is 0.261. The predicted octanol–water partition coefficient (Wildman–Crippen LogP) is 1.72. The molecule has 0 bridgehead atoms. The smallest absolute Gasteiger partial charge is 0.0729 e. The van der Waals surface area contributed by atoms with E-state index < -0.39 is 0 Å². The van der Waals surface area contributed by atoms with Crippen molar-refractivity contribution in [1.29, 1.82) is 0 Å². The number of rotatable bonds is 3. The van der Waals surface area contributed by atoms with E-state index in [1.165, 1.54) is 37.9 Å². The van der Waals surface area contributed by atoms with Crippen molar-refractivity contribution in [2.24, 2.45) is 0 Å². The Kier molecular flexibility index (Phi) is 2.59. The van der Waals surface area contributed by atoms with Crippen LogP contribution in [-0.4, -0.2) is 40.9 Å². The zero-order valence-electron chi connectivity index (χ0n) is 9.89. The number of hydrogen-bond donors (Lipinski definition) is 1. The summed E-state index contributed by atoms with van der Waals surface area (Å²) in [5, 5.41) is 7.99. The van der Waals surface area contributed by atoms with Gasteiger partial charge in [-0.1, -0.05) is 0 Å². The molecular weight excluding hydrogens is 200 g/mol. The summed E-state index contributed by atoms with van der Waals surface area (Å²) in [7, 11) is 2.20. The maximum Gasteiger partial charge on any atom is 0.0729 e. The van der Waals surface area contributed by atoms with Crippen molar-refractivity contribution in [2.75, 3.05) is 25.5 Å². The van der Waals surface area contributed by atoms with Gasteiger partial charge in [0.25, 0.3) is 0 Å². The molecule has 1 aromatic rings. The van der Waals surface area contributed by atoms with Crippen LogP contribution in [-0.2, 0) is 0 Å². The van der Waals surface area contributed by atoms with Crippen LogP contribution < -0.4 is 5.32 Å². The molecule has 2 heterocycles. The number of piperidine rings is 1. The van der Waals surface area contributed by atoms with E-state index in [2.05, 4.69) is 33.2 Å². The van der Waals surface area contributed by atoms with Gasteiger partial charge in [-0.25, -0.2) is 0 Å². The molecule has 3 rings (SSSR count). The van der Waals surface area contributed by atoms with Gasteiger partial charge in [-0.2, -0.15) is 5.10 Å². The fourth-order valence-corrected chi connectivity index (χ4v) is 2.47. The highest BCUT2D eigenvalue weighted by molar-refractivity contribution is 5.39. The van der Waals surface area contributed by atoms with Crippen molar-refractivity contribution in [3.05, 3.63) is 12.4 Å². The van der Waals surface area contributed by atoms with E-state index in [4.69, 9.17) is 0 Å². The number of anilines is 1. The molecule has 1 aromatic heterocycles. The summed E-state index contributed by atoms with van der Waals surface area (Å²) in [4.78, 5) is 2.40. The molecule has 4 nitrogen and oxygen atoms in total. The maximum absolute atomic E-state index is 4.40. The minimum Gasteiger partial charge on any atom is -0.378 e. The summed E-state index contributed by atoms with van der Waals surface area (Å²) in [6.45, 7) is 2.38. The fourth-order valence-electron chi connectivity index (χ4n) is 2.47. The first-order valence-electron chi connectivity index (χ1n) is 6.30. The number of nitrogens with one attached hydrogen (secondary N) is 1. The molecule has 0 aromatic carbocycles. The molecule has 88 valence electrons. The van der Waals surface area contributed by atoms with Crippen molar-refractivity contribution in [3.8, 4) is 0 Å². The van der Waals surface area contributed by atoms with Crippen molar-refractivity contribution < 1.29 is 0 Å². The van der Waals surface area contributed by atoms with E-state index in [0.717, 1.165) is 6.54 Å². The van der Waals surface area contributed by atoms with Crippen LogP contribution in [0.25, 0.3) is 0 Å². The minimum atomic E-state index is 0.593. The third kappa shape index (κ3) is 2.21. The molecule has 1 aliphatic heterocycles. The van der Waals surface area contributed by atoms with Crippen molar-refractivity contribution in [3.63, 3.8) is 0 Å². The quantitative estimate of drug-likeness (QED) is 0.842. The van der Waals surface area contributed by atoms with Gasteiger partial charge < -0.3 is 10.2 Å². The zero-order chi connectivity index (χ0) is 11.0. The van der Waals surface area contributed by atoms with E-state index >= 15 is 0 Å². The van der Waals surface area contributed by atoms with E-state index in [-0.39, 0.29) is 0 Å². The number of aromatic nitrogens is 2. The van der Waals surface area contributed by atoms with Gasteiger partial charge >= 0.3 is 0 Å². The Morgan fingerprint density at radius 1 is 1.38 bits per heavy atom. The standard InChI is InChI=1S/C12H20N4/c1-15-6-2-3-10(8-15)14-11-7-13-16(9-11)12-4-5-12/h7,9-10,12,14H,2-6,8H2,1H3. The molecule has 1 saturated heterocycles. The third-order valence-corrected chi connectivity index (χ3v) is 3.52. The van der Waals surface area contributed by atoms with Crippen LogP contribution in [0.15, 0.2) is 12.4 Å². The van der Waals surface area contributed by atoms with E-state index in [0.29, 0.717) is 12.1 Å². The second-order valence-corrected chi connectivity index (χ2v) is 5.19. The second kappa shape index (κ2) is 4.09. The normalized spacial score (nSPS) is 26.9. The molecule has 0 spiro atoms. The highest BCUT2D eigenvalue weighted by atomic mass is 15.3. The number of nitrogens with zero attached hydrogens (tertiary/aromatic N) is 3. The minimum absolute atomic E-state index is 0.593. The molecule has 1 unspecified atom stereocenters.